The van der Waals surface area contributed by atoms with Crippen LogP contribution in [0.5, 0.6) is 0 Å². The van der Waals surface area contributed by atoms with E-state index in [9.17, 15) is 0 Å². The standard InChI is InChI=1S/C10H15IN4/c1-15-4-2-3-8(6-15)14-10-9(11)5-12-7-13-10/h5,7-8H,2-4,6H2,1H3,(H,12,13,14). The van der Waals surface area contributed by atoms with E-state index in [4.69, 9.17) is 0 Å². The highest BCUT2D eigenvalue weighted by molar-refractivity contribution is 14.1. The van der Waals surface area contributed by atoms with Crippen LogP contribution >= 0.6 is 22.6 Å². The van der Waals surface area contributed by atoms with E-state index < -0.39 is 0 Å². The SMILES string of the molecule is CN1CCCC(Nc2ncncc2I)C1. The Kier molecular flexibility index (Phi) is 3.74. The number of nitrogens with one attached hydrogen (secondary N) is 1. The van der Waals surface area contributed by atoms with Gasteiger partial charge in [0.2, 0.25) is 0 Å². The van der Waals surface area contributed by atoms with Gasteiger partial charge in [0, 0.05) is 18.8 Å². The molecule has 1 aromatic rings. The van der Waals surface area contributed by atoms with E-state index in [1.165, 1.54) is 19.4 Å². The average Bonchev–Trinajstić information content (AvgIpc) is 2.22. The third-order valence-electron chi connectivity index (χ3n) is 2.63. The van der Waals surface area contributed by atoms with Crippen molar-refractivity contribution < 1.29 is 0 Å². The highest BCUT2D eigenvalue weighted by atomic mass is 127. The molecule has 0 bridgehead atoms. The van der Waals surface area contributed by atoms with Crippen LogP contribution in [0.4, 0.5) is 5.82 Å². The van der Waals surface area contributed by atoms with E-state index in [0.717, 1.165) is 15.9 Å². The molecule has 15 heavy (non-hydrogen) atoms. The number of rotatable bonds is 2. The van der Waals surface area contributed by atoms with Crippen LogP contribution < -0.4 is 5.32 Å². The average molecular weight is 318 g/mol. The molecule has 0 aliphatic carbocycles. The van der Waals surface area contributed by atoms with Gasteiger partial charge in [-0.2, -0.15) is 0 Å². The molecule has 1 saturated heterocycles. The molecule has 0 aromatic carbocycles. The molecule has 0 amide bonds. The molecule has 0 spiro atoms. The summed E-state index contributed by atoms with van der Waals surface area (Å²) in [4.78, 5) is 10.6. The lowest BCUT2D eigenvalue weighted by Gasteiger charge is -2.30. The van der Waals surface area contributed by atoms with Crippen LogP contribution in [0.3, 0.4) is 0 Å². The molecule has 2 rings (SSSR count). The minimum atomic E-state index is 0.521. The predicted octanol–water partition coefficient (Wildman–Crippen LogP) is 1.59. The Balaban J connectivity index is 1.99. The predicted molar refractivity (Wildman–Crippen MR) is 68.9 cm³/mol. The fourth-order valence-corrected chi connectivity index (χ4v) is 2.35. The molecule has 1 N–H and O–H groups in total. The first-order valence-electron chi connectivity index (χ1n) is 5.16. The zero-order valence-electron chi connectivity index (χ0n) is 8.78. The third kappa shape index (κ3) is 3.01. The maximum atomic E-state index is 4.25. The normalized spacial score (nSPS) is 22.7. The molecule has 82 valence electrons. The van der Waals surface area contributed by atoms with E-state index in [-0.39, 0.29) is 0 Å². The fraction of sp³-hybridized carbons (Fsp3) is 0.600. The van der Waals surface area contributed by atoms with Crippen molar-refractivity contribution in [1.82, 2.24) is 14.9 Å². The van der Waals surface area contributed by atoms with Crippen LogP contribution in [0.1, 0.15) is 12.8 Å². The topological polar surface area (TPSA) is 41.0 Å². The molecule has 0 radical (unpaired) electrons. The van der Waals surface area contributed by atoms with Gasteiger partial charge < -0.3 is 10.2 Å². The Morgan fingerprint density at radius 3 is 3.20 bits per heavy atom. The Labute approximate surface area is 104 Å². The number of hydrogen-bond acceptors (Lipinski definition) is 4. The van der Waals surface area contributed by atoms with Crippen LogP contribution in [0, 0.1) is 3.57 Å². The van der Waals surface area contributed by atoms with Gasteiger partial charge in [-0.05, 0) is 49.0 Å². The van der Waals surface area contributed by atoms with Gasteiger partial charge in [-0.15, -0.1) is 0 Å². The van der Waals surface area contributed by atoms with Crippen LogP contribution in [0.15, 0.2) is 12.5 Å². The number of aromatic nitrogens is 2. The van der Waals surface area contributed by atoms with Crippen molar-refractivity contribution in [2.24, 2.45) is 0 Å². The fourth-order valence-electron chi connectivity index (χ4n) is 1.90. The number of anilines is 1. The maximum Gasteiger partial charge on any atom is 0.143 e. The van der Waals surface area contributed by atoms with E-state index in [2.05, 4.69) is 49.8 Å². The molecule has 4 nitrogen and oxygen atoms in total. The van der Waals surface area contributed by atoms with Crippen LogP contribution in [0.2, 0.25) is 0 Å². The summed E-state index contributed by atoms with van der Waals surface area (Å²) >= 11 is 2.26. The number of likely N-dealkylation sites (tertiary alicyclic amines) is 1. The van der Waals surface area contributed by atoms with Gasteiger partial charge in [0.15, 0.2) is 0 Å². The van der Waals surface area contributed by atoms with E-state index >= 15 is 0 Å². The van der Waals surface area contributed by atoms with Gasteiger partial charge in [-0.3, -0.25) is 0 Å². The summed E-state index contributed by atoms with van der Waals surface area (Å²) in [5, 5.41) is 3.48. The van der Waals surface area contributed by atoms with Gasteiger partial charge in [-0.25, -0.2) is 9.97 Å². The van der Waals surface area contributed by atoms with Crippen LogP contribution in [0.25, 0.3) is 0 Å². The highest BCUT2D eigenvalue weighted by Crippen LogP contribution is 2.17. The molecule has 1 aliphatic rings. The molecule has 1 fully saturated rings. The second-order valence-electron chi connectivity index (χ2n) is 3.97. The van der Waals surface area contributed by atoms with Crippen molar-refractivity contribution in [2.75, 3.05) is 25.5 Å². The molecule has 5 heteroatoms. The molecular weight excluding hydrogens is 303 g/mol. The van der Waals surface area contributed by atoms with Gasteiger partial charge in [0.1, 0.15) is 12.1 Å². The second-order valence-corrected chi connectivity index (χ2v) is 5.13. The Morgan fingerprint density at radius 1 is 1.60 bits per heavy atom. The third-order valence-corrected chi connectivity index (χ3v) is 3.42. The number of piperidine rings is 1. The molecule has 1 atom stereocenters. The Bertz CT molecular complexity index is 331. The van der Waals surface area contributed by atoms with Crippen molar-refractivity contribution in [2.45, 2.75) is 18.9 Å². The number of hydrogen-bond donors (Lipinski definition) is 1. The number of halogens is 1. The van der Waals surface area contributed by atoms with Gasteiger partial charge in [-0.1, -0.05) is 0 Å². The molecule has 0 saturated carbocycles. The number of nitrogens with zero attached hydrogens (tertiary/aromatic N) is 3. The van der Waals surface area contributed by atoms with Gasteiger partial charge in [0.25, 0.3) is 0 Å². The highest BCUT2D eigenvalue weighted by Gasteiger charge is 2.17. The zero-order valence-corrected chi connectivity index (χ0v) is 10.9. The van der Waals surface area contributed by atoms with Crippen LogP contribution in [-0.4, -0.2) is 41.0 Å². The van der Waals surface area contributed by atoms with Crippen molar-refractivity contribution >= 4 is 28.4 Å². The monoisotopic (exact) mass is 318 g/mol. The molecule has 1 aromatic heterocycles. The first-order valence-corrected chi connectivity index (χ1v) is 6.24. The first-order chi connectivity index (χ1) is 7.25. The summed E-state index contributed by atoms with van der Waals surface area (Å²) in [5.41, 5.74) is 0. The Morgan fingerprint density at radius 2 is 2.47 bits per heavy atom. The summed E-state index contributed by atoms with van der Waals surface area (Å²) in [6.07, 6.45) is 5.92. The van der Waals surface area contributed by atoms with E-state index in [1.54, 1.807) is 6.33 Å². The quantitative estimate of drug-likeness (QED) is 0.841. The van der Waals surface area contributed by atoms with Crippen molar-refractivity contribution in [3.8, 4) is 0 Å². The van der Waals surface area contributed by atoms with Crippen molar-refractivity contribution in [3.63, 3.8) is 0 Å². The van der Waals surface area contributed by atoms with E-state index in [0.29, 0.717) is 6.04 Å². The summed E-state index contributed by atoms with van der Waals surface area (Å²) in [5.74, 6) is 0.964. The lowest BCUT2D eigenvalue weighted by atomic mass is 10.1. The second kappa shape index (κ2) is 5.07. The van der Waals surface area contributed by atoms with Crippen molar-refractivity contribution in [1.29, 1.82) is 0 Å². The number of likely N-dealkylation sites (N-methyl/N-ethyl adjacent to an activating group) is 1. The molecular formula is C10H15IN4. The van der Waals surface area contributed by atoms with E-state index in [1.807, 2.05) is 6.20 Å². The molecule has 1 unspecified atom stereocenters. The van der Waals surface area contributed by atoms with Crippen molar-refractivity contribution in [3.05, 3.63) is 16.1 Å². The molecule has 1 aliphatic heterocycles. The van der Waals surface area contributed by atoms with Gasteiger partial charge in [0.05, 0.1) is 3.57 Å². The summed E-state index contributed by atoms with van der Waals surface area (Å²) in [6, 6.07) is 0.521. The van der Waals surface area contributed by atoms with Crippen LogP contribution in [-0.2, 0) is 0 Å². The molecule has 2 heterocycles. The van der Waals surface area contributed by atoms with Gasteiger partial charge >= 0.3 is 0 Å². The minimum Gasteiger partial charge on any atom is -0.365 e. The maximum absolute atomic E-state index is 4.25. The lowest BCUT2D eigenvalue weighted by Crippen LogP contribution is -2.40. The first kappa shape index (κ1) is 11.1. The largest absolute Gasteiger partial charge is 0.365 e. The summed E-state index contributed by atoms with van der Waals surface area (Å²) in [7, 11) is 2.17. The Hall–Kier alpha value is -0.430. The summed E-state index contributed by atoms with van der Waals surface area (Å²) < 4.78 is 1.09. The minimum absolute atomic E-state index is 0.521. The summed E-state index contributed by atoms with van der Waals surface area (Å²) in [6.45, 7) is 2.30. The smallest absolute Gasteiger partial charge is 0.143 e. The lowest BCUT2D eigenvalue weighted by molar-refractivity contribution is 0.260. The zero-order chi connectivity index (χ0) is 10.7.